The van der Waals surface area contributed by atoms with Crippen molar-refractivity contribution in [1.82, 2.24) is 20.0 Å². The summed E-state index contributed by atoms with van der Waals surface area (Å²) in [5.41, 5.74) is 2.08. The second kappa shape index (κ2) is 8.21. The van der Waals surface area contributed by atoms with E-state index in [9.17, 15) is 4.79 Å². The summed E-state index contributed by atoms with van der Waals surface area (Å²) >= 11 is 0. The Morgan fingerprint density at radius 1 is 1.29 bits per heavy atom. The van der Waals surface area contributed by atoms with Crippen LogP contribution in [0.1, 0.15) is 28.8 Å². The fourth-order valence-corrected chi connectivity index (χ4v) is 3.13. The van der Waals surface area contributed by atoms with E-state index in [1.54, 1.807) is 12.4 Å². The van der Waals surface area contributed by atoms with Crippen LogP contribution in [0.3, 0.4) is 0 Å². The van der Waals surface area contributed by atoms with E-state index in [-0.39, 0.29) is 11.8 Å². The van der Waals surface area contributed by atoms with Gasteiger partial charge in [-0.3, -0.25) is 9.78 Å². The molecule has 3 heterocycles. The lowest BCUT2D eigenvalue weighted by atomic mass is 9.99. The lowest BCUT2D eigenvalue weighted by Crippen LogP contribution is -2.49. The van der Waals surface area contributed by atoms with Crippen molar-refractivity contribution in [2.75, 3.05) is 19.7 Å². The number of ether oxygens (including phenoxy) is 1. The fourth-order valence-electron chi connectivity index (χ4n) is 3.13. The topological polar surface area (TPSA) is 81.4 Å². The molecule has 0 aliphatic carbocycles. The highest BCUT2D eigenvalue weighted by Crippen LogP contribution is 2.26. The first-order valence-corrected chi connectivity index (χ1v) is 9.36. The molecule has 0 N–H and O–H groups in total. The van der Waals surface area contributed by atoms with E-state index in [1.807, 2.05) is 48.2 Å². The van der Waals surface area contributed by atoms with Crippen LogP contribution in [0.15, 0.2) is 53.3 Å². The highest BCUT2D eigenvalue weighted by Gasteiger charge is 2.35. The largest absolute Gasteiger partial charge is 0.493 e. The van der Waals surface area contributed by atoms with Crippen molar-refractivity contribution in [2.45, 2.75) is 25.7 Å². The van der Waals surface area contributed by atoms with Gasteiger partial charge in [0.15, 0.2) is 5.82 Å². The zero-order chi connectivity index (χ0) is 19.3. The van der Waals surface area contributed by atoms with Crippen LogP contribution < -0.4 is 4.74 Å². The number of likely N-dealkylation sites (tertiary alicyclic amines) is 1. The number of hydrogen-bond donors (Lipinski definition) is 0. The van der Waals surface area contributed by atoms with E-state index in [4.69, 9.17) is 9.26 Å². The van der Waals surface area contributed by atoms with E-state index in [2.05, 4.69) is 15.1 Å². The maximum absolute atomic E-state index is 12.3. The lowest BCUT2D eigenvalue weighted by molar-refractivity contribution is -0.135. The maximum Gasteiger partial charge on any atom is 0.233 e. The van der Waals surface area contributed by atoms with Crippen molar-refractivity contribution in [3.05, 3.63) is 71.6 Å². The average molecular weight is 378 g/mol. The quantitative estimate of drug-likeness (QED) is 0.628. The first kappa shape index (κ1) is 18.2. The maximum atomic E-state index is 12.3. The summed E-state index contributed by atoms with van der Waals surface area (Å²) < 4.78 is 11.1. The normalized spacial score (nSPS) is 14.0. The van der Waals surface area contributed by atoms with Gasteiger partial charge in [0.1, 0.15) is 5.75 Å². The zero-order valence-corrected chi connectivity index (χ0v) is 15.7. The first-order chi connectivity index (χ1) is 13.7. The van der Waals surface area contributed by atoms with Crippen LogP contribution in [-0.2, 0) is 17.6 Å². The summed E-state index contributed by atoms with van der Waals surface area (Å²) in [7, 11) is 0. The van der Waals surface area contributed by atoms with Crippen molar-refractivity contribution in [3.63, 3.8) is 0 Å². The Balaban J connectivity index is 1.22. The van der Waals surface area contributed by atoms with Crippen molar-refractivity contribution in [1.29, 1.82) is 0 Å². The van der Waals surface area contributed by atoms with Crippen LogP contribution in [0.25, 0.3) is 0 Å². The molecule has 1 aliphatic heterocycles. The molecule has 0 atom stereocenters. The number of rotatable bonds is 7. The van der Waals surface area contributed by atoms with Crippen molar-refractivity contribution in [3.8, 4) is 5.75 Å². The van der Waals surface area contributed by atoms with Gasteiger partial charge >= 0.3 is 0 Å². The zero-order valence-electron chi connectivity index (χ0n) is 15.7. The lowest BCUT2D eigenvalue weighted by Gasteiger charge is -2.37. The Labute approximate surface area is 163 Å². The van der Waals surface area contributed by atoms with Crippen molar-refractivity contribution in [2.24, 2.45) is 0 Å². The van der Waals surface area contributed by atoms with Crippen LogP contribution in [0, 0.1) is 6.92 Å². The SMILES string of the molecule is Cc1cccc(OCCc2noc(C3CN(C(=O)Cc4cccnc4)C3)n2)c1. The molecule has 1 aromatic carbocycles. The standard InChI is InChI=1S/C21H22N4O3/c1-15-4-2-6-18(10-15)27-9-7-19-23-21(28-24-19)17-13-25(14-17)20(26)11-16-5-3-8-22-12-16/h2-6,8,10,12,17H,7,9,11,13-14H2,1H3. The van der Waals surface area contributed by atoms with E-state index >= 15 is 0 Å². The Bertz CT molecular complexity index is 936. The molecule has 0 unspecified atom stereocenters. The monoisotopic (exact) mass is 378 g/mol. The third kappa shape index (κ3) is 4.36. The minimum atomic E-state index is 0.0931. The second-order valence-electron chi connectivity index (χ2n) is 7.00. The summed E-state index contributed by atoms with van der Waals surface area (Å²) in [6, 6.07) is 11.7. The molecule has 1 aliphatic rings. The van der Waals surface area contributed by atoms with Gasteiger partial charge in [-0.2, -0.15) is 4.98 Å². The van der Waals surface area contributed by atoms with E-state index in [0.29, 0.717) is 44.3 Å². The fraction of sp³-hybridized carbons (Fsp3) is 0.333. The summed E-state index contributed by atoms with van der Waals surface area (Å²) in [5.74, 6) is 2.26. The number of aryl methyl sites for hydroxylation is 1. The highest BCUT2D eigenvalue weighted by molar-refractivity contribution is 5.79. The highest BCUT2D eigenvalue weighted by atomic mass is 16.5. The minimum absolute atomic E-state index is 0.0931. The molecule has 1 fully saturated rings. The number of aromatic nitrogens is 3. The van der Waals surface area contributed by atoms with E-state index in [1.165, 1.54) is 0 Å². The smallest absolute Gasteiger partial charge is 0.233 e. The number of carbonyl (C=O) groups is 1. The molecule has 7 heteroatoms. The van der Waals surface area contributed by atoms with Crippen LogP contribution in [0.2, 0.25) is 0 Å². The van der Waals surface area contributed by atoms with E-state index in [0.717, 1.165) is 16.9 Å². The number of nitrogens with zero attached hydrogens (tertiary/aromatic N) is 4. The second-order valence-corrected chi connectivity index (χ2v) is 7.00. The predicted octanol–water partition coefficient (Wildman–Crippen LogP) is 2.56. The van der Waals surface area contributed by atoms with Crippen LogP contribution in [-0.4, -0.2) is 45.6 Å². The Morgan fingerprint density at radius 3 is 2.96 bits per heavy atom. The molecule has 0 radical (unpaired) electrons. The van der Waals surface area contributed by atoms with Crippen LogP contribution in [0.4, 0.5) is 0 Å². The number of hydrogen-bond acceptors (Lipinski definition) is 6. The average Bonchev–Trinajstić information content (AvgIpc) is 3.10. The summed E-state index contributed by atoms with van der Waals surface area (Å²) in [4.78, 5) is 22.6. The van der Waals surface area contributed by atoms with Gasteiger partial charge in [-0.05, 0) is 36.2 Å². The van der Waals surface area contributed by atoms with Gasteiger partial charge in [0.2, 0.25) is 11.8 Å². The van der Waals surface area contributed by atoms with Gasteiger partial charge in [-0.25, -0.2) is 0 Å². The molecular formula is C21H22N4O3. The predicted molar refractivity (Wildman–Crippen MR) is 102 cm³/mol. The van der Waals surface area contributed by atoms with E-state index < -0.39 is 0 Å². The van der Waals surface area contributed by atoms with Crippen molar-refractivity contribution >= 4 is 5.91 Å². The molecule has 0 saturated carbocycles. The molecule has 2 aromatic heterocycles. The van der Waals surface area contributed by atoms with Crippen molar-refractivity contribution < 1.29 is 14.1 Å². The summed E-state index contributed by atoms with van der Waals surface area (Å²) in [5, 5.41) is 4.03. The Hall–Kier alpha value is -3.22. The molecule has 1 saturated heterocycles. The molecule has 0 bridgehead atoms. The number of pyridine rings is 1. The van der Waals surface area contributed by atoms with Gasteiger partial charge in [0.05, 0.1) is 18.9 Å². The first-order valence-electron chi connectivity index (χ1n) is 9.36. The molecule has 0 spiro atoms. The van der Waals surface area contributed by atoms with Crippen LogP contribution in [0.5, 0.6) is 5.75 Å². The molecule has 1 amide bonds. The van der Waals surface area contributed by atoms with Gasteiger partial charge in [-0.15, -0.1) is 0 Å². The third-order valence-electron chi connectivity index (χ3n) is 4.73. The molecule has 4 rings (SSSR count). The molecule has 144 valence electrons. The summed E-state index contributed by atoms with van der Waals surface area (Å²) in [6.07, 6.45) is 4.37. The number of carbonyl (C=O) groups excluding carboxylic acids is 1. The summed E-state index contributed by atoms with van der Waals surface area (Å²) in [6.45, 7) is 3.74. The van der Waals surface area contributed by atoms with Gasteiger partial charge < -0.3 is 14.2 Å². The van der Waals surface area contributed by atoms with Gasteiger partial charge in [0.25, 0.3) is 0 Å². The number of benzene rings is 1. The molecular weight excluding hydrogens is 356 g/mol. The third-order valence-corrected chi connectivity index (χ3v) is 4.73. The Morgan fingerprint density at radius 2 is 2.18 bits per heavy atom. The number of amides is 1. The molecule has 3 aromatic rings. The minimum Gasteiger partial charge on any atom is -0.493 e. The van der Waals surface area contributed by atoms with Gasteiger partial charge in [-0.1, -0.05) is 23.4 Å². The molecule has 28 heavy (non-hydrogen) atoms. The van der Waals surface area contributed by atoms with Gasteiger partial charge in [0, 0.05) is 31.9 Å². The van der Waals surface area contributed by atoms with Crippen LogP contribution >= 0.6 is 0 Å². The molecule has 7 nitrogen and oxygen atoms in total. The Kier molecular flexibility index (Phi) is 5.32.